The normalized spacial score (nSPS) is 10.2. The Morgan fingerprint density at radius 2 is 2.05 bits per heavy atom. The molecule has 19 heavy (non-hydrogen) atoms. The number of nitrogens with zero attached hydrogens (tertiary/aromatic N) is 3. The highest BCUT2D eigenvalue weighted by Crippen LogP contribution is 2.34. The summed E-state index contributed by atoms with van der Waals surface area (Å²) in [4.78, 5) is 17.5. The van der Waals surface area contributed by atoms with Gasteiger partial charge < -0.3 is 10.5 Å². The molecule has 0 aliphatic carbocycles. The lowest BCUT2D eigenvalue weighted by molar-refractivity contribution is -0.384. The second kappa shape index (κ2) is 5.25. The van der Waals surface area contributed by atoms with Gasteiger partial charge in [-0.3, -0.25) is 10.1 Å². The molecule has 1 aromatic heterocycles. The Hall–Kier alpha value is -2.12. The zero-order valence-electron chi connectivity index (χ0n) is 9.21. The lowest BCUT2D eigenvalue weighted by Crippen LogP contribution is -1.97. The van der Waals surface area contributed by atoms with E-state index in [9.17, 15) is 10.1 Å². The number of nitro groups is 1. The predicted molar refractivity (Wildman–Crippen MR) is 69.6 cm³/mol. The molecule has 0 amide bonds. The summed E-state index contributed by atoms with van der Waals surface area (Å²) in [5, 5.41) is 10.8. The van der Waals surface area contributed by atoms with Crippen LogP contribution in [0.5, 0.6) is 11.6 Å². The Kier molecular flexibility index (Phi) is 3.68. The van der Waals surface area contributed by atoms with E-state index in [0.717, 1.165) is 6.07 Å². The molecule has 0 spiro atoms. The van der Waals surface area contributed by atoms with Gasteiger partial charge in [-0.2, -0.15) is 4.98 Å². The van der Waals surface area contributed by atoms with E-state index in [1.54, 1.807) is 0 Å². The van der Waals surface area contributed by atoms with Gasteiger partial charge in [-0.1, -0.05) is 23.2 Å². The van der Waals surface area contributed by atoms with Gasteiger partial charge in [0, 0.05) is 12.1 Å². The van der Waals surface area contributed by atoms with Crippen molar-refractivity contribution in [2.45, 2.75) is 0 Å². The molecule has 0 saturated heterocycles. The SMILES string of the molecule is Nc1ncc(Cl)c(Oc2ccc([N+](=O)[O-])cc2Cl)n1. The number of nitrogens with two attached hydrogens (primary N) is 1. The van der Waals surface area contributed by atoms with E-state index in [-0.39, 0.29) is 33.3 Å². The number of benzene rings is 1. The Bertz CT molecular complexity index is 651. The average molecular weight is 301 g/mol. The van der Waals surface area contributed by atoms with Crippen molar-refractivity contribution in [3.8, 4) is 11.6 Å². The lowest BCUT2D eigenvalue weighted by Gasteiger charge is -2.07. The third kappa shape index (κ3) is 3.01. The van der Waals surface area contributed by atoms with Crippen molar-refractivity contribution in [1.82, 2.24) is 9.97 Å². The van der Waals surface area contributed by atoms with E-state index in [1.165, 1.54) is 18.3 Å². The summed E-state index contributed by atoms with van der Waals surface area (Å²) in [5.41, 5.74) is 5.25. The predicted octanol–water partition coefficient (Wildman–Crippen LogP) is 3.07. The molecule has 0 saturated carbocycles. The van der Waals surface area contributed by atoms with Crippen molar-refractivity contribution in [2.75, 3.05) is 5.73 Å². The van der Waals surface area contributed by atoms with Crippen LogP contribution in [0.3, 0.4) is 0 Å². The summed E-state index contributed by atoms with van der Waals surface area (Å²) in [5.74, 6) is 0.176. The van der Waals surface area contributed by atoms with E-state index in [4.69, 9.17) is 33.7 Å². The molecule has 98 valence electrons. The van der Waals surface area contributed by atoms with Crippen molar-refractivity contribution >= 4 is 34.8 Å². The van der Waals surface area contributed by atoms with Gasteiger partial charge in [-0.15, -0.1) is 0 Å². The summed E-state index contributed by atoms with van der Waals surface area (Å²) in [6, 6.07) is 3.75. The number of hydrogen-bond acceptors (Lipinski definition) is 6. The fourth-order valence-electron chi connectivity index (χ4n) is 1.23. The highest BCUT2D eigenvalue weighted by Gasteiger charge is 2.13. The van der Waals surface area contributed by atoms with Crippen LogP contribution in [0.4, 0.5) is 11.6 Å². The molecular weight excluding hydrogens is 295 g/mol. The van der Waals surface area contributed by atoms with E-state index in [0.29, 0.717) is 0 Å². The van der Waals surface area contributed by atoms with Crippen LogP contribution in [-0.4, -0.2) is 14.9 Å². The largest absolute Gasteiger partial charge is 0.436 e. The maximum Gasteiger partial charge on any atom is 0.271 e. The fourth-order valence-corrected chi connectivity index (χ4v) is 1.57. The molecular formula is C10H6Cl2N4O3. The first-order valence-electron chi connectivity index (χ1n) is 4.87. The lowest BCUT2D eigenvalue weighted by atomic mass is 10.3. The van der Waals surface area contributed by atoms with E-state index in [1.807, 2.05) is 0 Å². The van der Waals surface area contributed by atoms with Gasteiger partial charge in [-0.25, -0.2) is 4.98 Å². The number of aromatic nitrogens is 2. The first-order chi connectivity index (χ1) is 8.97. The van der Waals surface area contributed by atoms with Crippen LogP contribution in [-0.2, 0) is 0 Å². The number of nitrogen functional groups attached to an aromatic ring is 1. The van der Waals surface area contributed by atoms with Crippen LogP contribution in [0.15, 0.2) is 24.4 Å². The van der Waals surface area contributed by atoms with Crippen LogP contribution in [0.1, 0.15) is 0 Å². The molecule has 7 nitrogen and oxygen atoms in total. The molecule has 1 aromatic carbocycles. The maximum atomic E-state index is 10.6. The zero-order valence-corrected chi connectivity index (χ0v) is 10.7. The molecule has 0 fully saturated rings. The smallest absolute Gasteiger partial charge is 0.271 e. The highest BCUT2D eigenvalue weighted by atomic mass is 35.5. The summed E-state index contributed by atoms with van der Waals surface area (Å²) < 4.78 is 5.34. The Balaban J connectivity index is 2.33. The number of halogens is 2. The monoisotopic (exact) mass is 300 g/mol. The van der Waals surface area contributed by atoms with Crippen LogP contribution < -0.4 is 10.5 Å². The third-order valence-corrected chi connectivity index (χ3v) is 2.62. The minimum absolute atomic E-state index is 0.0163. The van der Waals surface area contributed by atoms with E-state index >= 15 is 0 Å². The number of rotatable bonds is 3. The van der Waals surface area contributed by atoms with Crippen molar-refractivity contribution in [1.29, 1.82) is 0 Å². The Morgan fingerprint density at radius 1 is 1.32 bits per heavy atom. The summed E-state index contributed by atoms with van der Waals surface area (Å²) in [7, 11) is 0. The number of nitro benzene ring substituents is 1. The van der Waals surface area contributed by atoms with E-state index < -0.39 is 4.92 Å². The molecule has 0 bridgehead atoms. The quantitative estimate of drug-likeness (QED) is 0.690. The summed E-state index contributed by atoms with van der Waals surface area (Å²) in [6.07, 6.45) is 1.28. The minimum Gasteiger partial charge on any atom is -0.436 e. The average Bonchev–Trinajstić information content (AvgIpc) is 2.36. The molecule has 1 heterocycles. The summed E-state index contributed by atoms with van der Waals surface area (Å²) >= 11 is 11.7. The number of anilines is 1. The van der Waals surface area contributed by atoms with Gasteiger partial charge in [-0.05, 0) is 6.07 Å². The van der Waals surface area contributed by atoms with Gasteiger partial charge in [0.2, 0.25) is 11.8 Å². The van der Waals surface area contributed by atoms with Gasteiger partial charge in [0.25, 0.3) is 5.69 Å². The summed E-state index contributed by atoms with van der Waals surface area (Å²) in [6.45, 7) is 0. The van der Waals surface area contributed by atoms with Gasteiger partial charge in [0.15, 0.2) is 0 Å². The van der Waals surface area contributed by atoms with Crippen molar-refractivity contribution in [3.63, 3.8) is 0 Å². The molecule has 9 heteroatoms. The van der Waals surface area contributed by atoms with Crippen molar-refractivity contribution in [3.05, 3.63) is 44.6 Å². The third-order valence-electron chi connectivity index (χ3n) is 2.06. The van der Waals surface area contributed by atoms with Crippen LogP contribution in [0.2, 0.25) is 10.0 Å². The maximum absolute atomic E-state index is 10.6. The number of hydrogen-bond donors (Lipinski definition) is 1. The molecule has 0 atom stereocenters. The molecule has 2 N–H and O–H groups in total. The molecule has 0 radical (unpaired) electrons. The second-order valence-corrected chi connectivity index (χ2v) is 4.17. The Labute approximate surface area is 117 Å². The zero-order chi connectivity index (χ0) is 14.0. The topological polar surface area (TPSA) is 104 Å². The number of non-ortho nitro benzene ring substituents is 1. The van der Waals surface area contributed by atoms with Crippen LogP contribution in [0.25, 0.3) is 0 Å². The second-order valence-electron chi connectivity index (χ2n) is 3.36. The molecule has 2 rings (SSSR count). The molecule has 2 aromatic rings. The molecule has 0 unspecified atom stereocenters. The first-order valence-corrected chi connectivity index (χ1v) is 5.63. The van der Waals surface area contributed by atoms with Gasteiger partial charge in [0.05, 0.1) is 16.1 Å². The molecule has 0 aliphatic heterocycles. The standard InChI is InChI=1S/C10H6Cl2N4O3/c11-6-3-5(16(17)18)1-2-8(6)19-9-7(12)4-14-10(13)15-9/h1-4H,(H2,13,14,15). The first kappa shape index (κ1) is 13.3. The van der Waals surface area contributed by atoms with Crippen molar-refractivity contribution < 1.29 is 9.66 Å². The van der Waals surface area contributed by atoms with Gasteiger partial charge >= 0.3 is 0 Å². The van der Waals surface area contributed by atoms with Crippen molar-refractivity contribution in [2.24, 2.45) is 0 Å². The van der Waals surface area contributed by atoms with Crippen LogP contribution in [0, 0.1) is 10.1 Å². The highest BCUT2D eigenvalue weighted by molar-refractivity contribution is 6.32. The minimum atomic E-state index is -0.564. The Morgan fingerprint density at radius 3 is 2.68 bits per heavy atom. The number of ether oxygens (including phenoxy) is 1. The molecule has 0 aliphatic rings. The van der Waals surface area contributed by atoms with Gasteiger partial charge in [0.1, 0.15) is 10.8 Å². The van der Waals surface area contributed by atoms with Crippen LogP contribution >= 0.6 is 23.2 Å². The van der Waals surface area contributed by atoms with E-state index in [2.05, 4.69) is 9.97 Å². The fraction of sp³-hybridized carbons (Fsp3) is 0.